The number of carbonyl (C=O) groups excluding carboxylic acids is 5. The van der Waals surface area contributed by atoms with E-state index in [4.69, 9.17) is 12.8 Å². The van der Waals surface area contributed by atoms with Crippen LogP contribution in [0.2, 0.25) is 0 Å². The van der Waals surface area contributed by atoms with Crippen LogP contribution >= 0.6 is 0 Å². The van der Waals surface area contributed by atoms with Crippen LogP contribution in [0.3, 0.4) is 0 Å². The van der Waals surface area contributed by atoms with Crippen molar-refractivity contribution in [1.29, 1.82) is 0 Å². The summed E-state index contributed by atoms with van der Waals surface area (Å²) in [6.45, 7) is 15.5. The average molecular weight is 699 g/mol. The molecule has 0 aromatic rings. The van der Waals surface area contributed by atoms with Crippen molar-refractivity contribution in [3.8, 4) is 24.7 Å². The van der Waals surface area contributed by atoms with Crippen molar-refractivity contribution < 1.29 is 29.3 Å². The number of nitrogens with two attached hydrogens (primary N) is 1. The highest BCUT2D eigenvalue weighted by molar-refractivity contribution is 7.63. The Morgan fingerprint density at radius 1 is 1.04 bits per heavy atom. The number of rotatable bonds is 16. The molecule has 2 fully saturated rings. The van der Waals surface area contributed by atoms with E-state index in [1.54, 1.807) is 0 Å². The molecule has 1 heterocycles. The molecule has 1 saturated heterocycles. The molecule has 2 aliphatic rings. The Balaban J connectivity index is 2.32. The minimum absolute atomic E-state index is 0.0360. The highest BCUT2D eigenvalue weighted by atomic mass is 32.1. The van der Waals surface area contributed by atoms with Gasteiger partial charge in [-0.15, -0.1) is 31.3 Å². The number of terminal acetylenes is 2. The van der Waals surface area contributed by atoms with Crippen LogP contribution in [0.5, 0.6) is 0 Å². The van der Waals surface area contributed by atoms with Gasteiger partial charge >= 0.3 is 6.03 Å². The molecule has 2 rings (SSSR count). The van der Waals surface area contributed by atoms with Crippen LogP contribution < -0.4 is 26.6 Å². The van der Waals surface area contributed by atoms with Gasteiger partial charge in [-0.2, -0.15) is 0 Å². The van der Waals surface area contributed by atoms with E-state index in [0.717, 1.165) is 43.6 Å². The van der Waals surface area contributed by atoms with Gasteiger partial charge in [0.1, 0.15) is 23.5 Å². The molecule has 1 saturated carbocycles. The first-order valence-corrected chi connectivity index (χ1v) is 17.9. The second-order valence-corrected chi connectivity index (χ2v) is 15.0. The highest BCUT2D eigenvalue weighted by Gasteiger charge is 2.46. The third-order valence-corrected chi connectivity index (χ3v) is 9.95. The Kier molecular flexibility index (Phi) is 17.0. The first-order chi connectivity index (χ1) is 23.2. The minimum Gasteiger partial charge on any atom is -0.346 e. The van der Waals surface area contributed by atoms with Crippen molar-refractivity contribution >= 4 is 42.2 Å². The number of quaternary nitrogens is 1. The molecule has 5 amide bonds. The summed E-state index contributed by atoms with van der Waals surface area (Å²) in [7, 11) is 0. The molecule has 49 heavy (non-hydrogen) atoms. The van der Waals surface area contributed by atoms with Crippen LogP contribution in [0, 0.1) is 41.9 Å². The summed E-state index contributed by atoms with van der Waals surface area (Å²) in [6.07, 6.45) is 17.7. The summed E-state index contributed by atoms with van der Waals surface area (Å²) in [5.41, 5.74) is 0.946. The Hall–Kier alpha value is -3.74. The number of hydrogen-bond donors (Lipinski definition) is 5. The first-order valence-electron chi connectivity index (χ1n) is 17.4. The molecule has 12 heteroatoms. The predicted octanol–water partition coefficient (Wildman–Crippen LogP) is 1.14. The standard InChI is InChI=1S/C37H56N6O5S/c1-9-12-18-28(32(44)34(46)39-20-10-2)40-33(45)31-26(11-3)19-21-43(31)35(47)30(27-16-14-13-15-17-27)42-36(48)41-29(37(6,7)8)23-38-22-24(4)25(5)49/h1,3,10,26-31,38,49H,2,12-23H2,4-8H3,(H,39,46)(H,40,45)(H2,41,42,48)/p+2/b25-24-/t26-,28?,29+,30-,31-/m0/s1. The van der Waals surface area contributed by atoms with Gasteiger partial charge in [-0.05, 0) is 56.6 Å². The fraction of sp³-hybridized carbons (Fsp3) is 0.649. The molecule has 11 nitrogen and oxygen atoms in total. The summed E-state index contributed by atoms with van der Waals surface area (Å²) < 4.78 is 0. The van der Waals surface area contributed by atoms with Crippen LogP contribution in [0.1, 0.15) is 86.0 Å². The predicted molar refractivity (Wildman–Crippen MR) is 196 cm³/mol. The number of amides is 5. The molecule has 1 unspecified atom stereocenters. The van der Waals surface area contributed by atoms with Gasteiger partial charge < -0.3 is 31.5 Å². The summed E-state index contributed by atoms with van der Waals surface area (Å²) >= 11 is 3.58. The van der Waals surface area contributed by atoms with Crippen LogP contribution in [0.15, 0.2) is 23.1 Å². The molecule has 0 spiro atoms. The van der Waals surface area contributed by atoms with Gasteiger partial charge in [0.25, 0.3) is 5.91 Å². The van der Waals surface area contributed by atoms with Gasteiger partial charge in [0.15, 0.2) is 0 Å². The fourth-order valence-corrected chi connectivity index (χ4v) is 6.42. The summed E-state index contributed by atoms with van der Waals surface area (Å²) in [5.74, 6) is 1.59. The number of hydrogen-bond acceptors (Lipinski definition) is 5. The van der Waals surface area contributed by atoms with E-state index in [9.17, 15) is 24.0 Å². The summed E-state index contributed by atoms with van der Waals surface area (Å²) in [6, 6.07) is -3.81. The third kappa shape index (κ3) is 12.6. The fourth-order valence-electron chi connectivity index (χ4n) is 6.32. The molecule has 0 radical (unpaired) electrons. The number of nitrogens with one attached hydrogen (secondary N) is 4. The van der Waals surface area contributed by atoms with Gasteiger partial charge in [0.05, 0.1) is 24.5 Å². The molecule has 0 aromatic heterocycles. The number of Topliss-reactive ketones (excluding diaryl/α,β-unsaturated/α-hetero) is 1. The van der Waals surface area contributed by atoms with E-state index >= 15 is 0 Å². The van der Waals surface area contributed by atoms with E-state index in [-0.39, 0.29) is 49.2 Å². The second-order valence-electron chi connectivity index (χ2n) is 14.3. The van der Waals surface area contributed by atoms with Crippen molar-refractivity contribution in [2.24, 2.45) is 17.3 Å². The third-order valence-electron chi connectivity index (χ3n) is 9.52. The van der Waals surface area contributed by atoms with Gasteiger partial charge in [0, 0.05) is 32.0 Å². The zero-order valence-electron chi connectivity index (χ0n) is 30.0. The molecule has 5 atom stereocenters. The van der Waals surface area contributed by atoms with Gasteiger partial charge in [-0.25, -0.2) is 4.79 Å². The SMILES string of the molecule is C#CCCC(NC(=O)[C@@H]1[C@@H](C#C)CCN1C(=O)[C@@H](NC(=O)N[C@H](C[NH2+]C/C(C)=C(/C)[SH2+])C(C)(C)C)C1CCCCC1)C(=O)C(=O)NCC=C. The van der Waals surface area contributed by atoms with Gasteiger partial charge in [0.2, 0.25) is 17.6 Å². The lowest BCUT2D eigenvalue weighted by Crippen LogP contribution is -2.88. The van der Waals surface area contributed by atoms with E-state index in [2.05, 4.69) is 85.3 Å². The minimum atomic E-state index is -1.20. The van der Waals surface area contributed by atoms with Crippen molar-refractivity contribution in [2.75, 3.05) is 26.2 Å². The maximum atomic E-state index is 14.4. The smallest absolute Gasteiger partial charge is 0.315 e. The quantitative estimate of drug-likeness (QED) is 0.0709. The van der Waals surface area contributed by atoms with E-state index in [1.807, 2.05) is 6.92 Å². The van der Waals surface area contributed by atoms with Crippen molar-refractivity contribution in [2.45, 2.75) is 110 Å². The van der Waals surface area contributed by atoms with Crippen molar-refractivity contribution in [1.82, 2.24) is 26.2 Å². The maximum absolute atomic E-state index is 14.4. The van der Waals surface area contributed by atoms with Crippen LogP contribution in [-0.2, 0) is 31.8 Å². The highest BCUT2D eigenvalue weighted by Crippen LogP contribution is 2.31. The van der Waals surface area contributed by atoms with Crippen LogP contribution in [0.25, 0.3) is 0 Å². The van der Waals surface area contributed by atoms with E-state index in [0.29, 0.717) is 13.0 Å². The normalized spacial score (nSPS) is 20.4. The molecular weight excluding hydrogens is 641 g/mol. The van der Waals surface area contributed by atoms with Gasteiger partial charge in [-0.3, -0.25) is 19.2 Å². The monoisotopic (exact) mass is 698 g/mol. The molecule has 1 aliphatic carbocycles. The van der Waals surface area contributed by atoms with Crippen molar-refractivity contribution in [3.63, 3.8) is 0 Å². The first kappa shape index (κ1) is 41.4. The largest absolute Gasteiger partial charge is 0.346 e. The summed E-state index contributed by atoms with van der Waals surface area (Å²) in [5, 5.41) is 13.4. The lowest BCUT2D eigenvalue weighted by Gasteiger charge is -2.36. The molecule has 270 valence electrons. The molecule has 6 N–H and O–H groups in total. The second kappa shape index (κ2) is 20.1. The van der Waals surface area contributed by atoms with E-state index < -0.39 is 47.7 Å². The lowest BCUT2D eigenvalue weighted by atomic mass is 9.83. The topological polar surface area (TPSA) is 153 Å². The Labute approximate surface area is 298 Å². The van der Waals surface area contributed by atoms with Crippen LogP contribution in [0.4, 0.5) is 4.79 Å². The Morgan fingerprint density at radius 2 is 1.71 bits per heavy atom. The zero-order chi connectivity index (χ0) is 36.7. The number of urea groups is 1. The number of ketones is 1. The zero-order valence-corrected chi connectivity index (χ0v) is 31.0. The number of carbonyl (C=O) groups is 5. The maximum Gasteiger partial charge on any atom is 0.315 e. The Bertz CT molecular complexity index is 1320. The van der Waals surface area contributed by atoms with Gasteiger partial charge in [-0.1, -0.05) is 46.1 Å². The molecule has 0 bridgehead atoms. The van der Waals surface area contributed by atoms with Crippen LogP contribution in [-0.4, -0.2) is 84.8 Å². The number of likely N-dealkylation sites (tertiary alicyclic amines) is 1. The Morgan fingerprint density at radius 3 is 2.29 bits per heavy atom. The average Bonchev–Trinajstić information content (AvgIpc) is 3.51. The van der Waals surface area contributed by atoms with E-state index in [1.165, 1.54) is 16.5 Å². The lowest BCUT2D eigenvalue weighted by molar-refractivity contribution is -0.651. The molecular formula is C37H58N6O5S+2. The number of allylic oxidation sites excluding steroid dienone is 1. The number of nitrogens with zero attached hydrogens (tertiary/aromatic N) is 1. The molecule has 1 aliphatic heterocycles. The summed E-state index contributed by atoms with van der Waals surface area (Å²) in [4.78, 5) is 69.9. The molecule has 0 aromatic carbocycles. The van der Waals surface area contributed by atoms with Crippen molar-refractivity contribution in [3.05, 3.63) is 23.1 Å².